The fourth-order valence-corrected chi connectivity index (χ4v) is 5.88. The molecule has 2 saturated heterocycles. The van der Waals surface area contributed by atoms with Gasteiger partial charge in [0.2, 0.25) is 5.91 Å². The first-order valence-corrected chi connectivity index (χ1v) is 14.3. The number of nitrogens with one attached hydrogen (secondary N) is 2. The number of azide groups is 1. The van der Waals surface area contributed by atoms with E-state index in [4.69, 9.17) is 10.3 Å². The number of carbonyl (C=O) groups is 3. The fraction of sp³-hybridized carbons (Fsp3) is 0.393. The van der Waals surface area contributed by atoms with Crippen molar-refractivity contribution in [3.05, 3.63) is 81.9 Å². The van der Waals surface area contributed by atoms with Gasteiger partial charge in [-0.3, -0.25) is 9.59 Å². The molecule has 43 heavy (non-hydrogen) atoms. The van der Waals surface area contributed by atoms with E-state index in [9.17, 15) is 27.7 Å². The number of H-pyrrole nitrogens is 1. The van der Waals surface area contributed by atoms with Crippen LogP contribution in [0.4, 0.5) is 8.78 Å². The molecule has 2 amide bonds. The number of alkyl halides is 2. The number of rotatable bonds is 9. The smallest absolute Gasteiger partial charge is 0.393 e. The van der Waals surface area contributed by atoms with E-state index in [0.29, 0.717) is 31.2 Å². The number of esters is 1. The second-order valence-corrected chi connectivity index (χ2v) is 10.8. The maximum absolute atomic E-state index is 14.1. The minimum absolute atomic E-state index is 0.0107. The van der Waals surface area contributed by atoms with Gasteiger partial charge in [-0.2, -0.15) is 8.78 Å². The third-order valence-corrected chi connectivity index (χ3v) is 8.06. The molecule has 2 N–H and O–H groups in total. The van der Waals surface area contributed by atoms with Crippen LogP contribution in [0.1, 0.15) is 53.7 Å². The topological polar surface area (TPSA) is 167 Å². The van der Waals surface area contributed by atoms with Gasteiger partial charge in [-0.1, -0.05) is 35.4 Å². The highest BCUT2D eigenvalue weighted by atomic mass is 31.1. The van der Waals surface area contributed by atoms with Gasteiger partial charge in [-0.05, 0) is 67.5 Å². The number of hydrogen-bond acceptors (Lipinski definition) is 7. The van der Waals surface area contributed by atoms with E-state index >= 15 is 0 Å². The van der Waals surface area contributed by atoms with Gasteiger partial charge in [-0.15, -0.1) is 0 Å². The van der Waals surface area contributed by atoms with Gasteiger partial charge in [0.25, 0.3) is 5.91 Å². The zero-order valence-corrected chi connectivity index (χ0v) is 23.6. The number of nitrogens with zero attached hydrogens (tertiary/aromatic N) is 4. The molecule has 3 aromatic rings. The monoisotopic (exact) mass is 612 g/mol. The summed E-state index contributed by atoms with van der Waals surface area (Å²) in [5.74, 6) is -1.68. The van der Waals surface area contributed by atoms with Crippen LogP contribution < -0.4 is 5.32 Å². The number of hydrogen-bond donors (Lipinski definition) is 2. The minimum atomic E-state index is -3.81. The lowest BCUT2D eigenvalue weighted by Crippen LogP contribution is -2.56. The first-order chi connectivity index (χ1) is 20.7. The predicted octanol–water partition coefficient (Wildman–Crippen LogP) is 5.50. The molecule has 2 aromatic carbocycles. The summed E-state index contributed by atoms with van der Waals surface area (Å²) >= 11 is 0. The van der Waals surface area contributed by atoms with Gasteiger partial charge in [0.15, 0.2) is 0 Å². The highest BCUT2D eigenvalue weighted by molar-refractivity contribution is 7.17. The molecule has 4 atom stereocenters. The lowest BCUT2D eigenvalue weighted by Gasteiger charge is -2.36. The van der Waals surface area contributed by atoms with Crippen LogP contribution in [0.5, 0.6) is 0 Å². The van der Waals surface area contributed by atoms with E-state index in [1.807, 2.05) is 30.3 Å². The molecule has 0 radical (unpaired) electrons. The number of aromatic amines is 1. The van der Waals surface area contributed by atoms with Gasteiger partial charge in [0.1, 0.15) is 24.4 Å². The van der Waals surface area contributed by atoms with E-state index in [-0.39, 0.29) is 30.1 Å². The third-order valence-electron chi connectivity index (χ3n) is 7.76. The molecular formula is C28H27F2N6O6P. The first kappa shape index (κ1) is 30.1. The molecule has 1 aromatic heterocycles. The number of benzene rings is 2. The SMILES string of the molecule is [N-]=[N+]=N[C@@H]1CC[C@H](NC(=O)c2cc3cc(C(F)(F)OP=O)ccc3[nH]2)C(=O)N2[C@H](CC[C@H]2C(=O)OCc2ccccc2)C1. The molecule has 12 nitrogen and oxygen atoms in total. The van der Waals surface area contributed by atoms with E-state index in [2.05, 4.69) is 24.9 Å². The quantitative estimate of drug-likeness (QED) is 0.106. The summed E-state index contributed by atoms with van der Waals surface area (Å²) in [6.07, 6.45) is -2.10. The Labute approximate surface area is 245 Å². The number of aromatic nitrogens is 1. The van der Waals surface area contributed by atoms with Crippen molar-refractivity contribution in [3.8, 4) is 0 Å². The summed E-state index contributed by atoms with van der Waals surface area (Å²) in [5.41, 5.74) is 9.70. The van der Waals surface area contributed by atoms with E-state index in [0.717, 1.165) is 17.7 Å². The van der Waals surface area contributed by atoms with Crippen molar-refractivity contribution in [1.82, 2.24) is 15.2 Å². The molecule has 2 fully saturated rings. The molecule has 2 aliphatic heterocycles. The average molecular weight is 613 g/mol. The Hall–Kier alpha value is -4.38. The summed E-state index contributed by atoms with van der Waals surface area (Å²) in [4.78, 5) is 47.5. The predicted molar refractivity (Wildman–Crippen MR) is 149 cm³/mol. The van der Waals surface area contributed by atoms with Crippen molar-refractivity contribution < 1.29 is 37.0 Å². The molecule has 3 heterocycles. The molecule has 0 spiro atoms. The average Bonchev–Trinajstić information content (AvgIpc) is 3.61. The summed E-state index contributed by atoms with van der Waals surface area (Å²) in [5, 5.41) is 6.85. The third kappa shape index (κ3) is 6.67. The fourth-order valence-electron chi connectivity index (χ4n) is 5.68. The van der Waals surface area contributed by atoms with E-state index in [1.54, 1.807) is 0 Å². The second kappa shape index (κ2) is 12.9. The number of ether oxygens (including phenoxy) is 1. The molecule has 15 heteroatoms. The number of fused-ring (bicyclic) bond motifs is 2. The molecular weight excluding hydrogens is 585 g/mol. The summed E-state index contributed by atoms with van der Waals surface area (Å²) in [7, 11) is -1.19. The summed E-state index contributed by atoms with van der Waals surface area (Å²) in [6, 6.07) is 11.2. The Morgan fingerprint density at radius 2 is 1.93 bits per heavy atom. The minimum Gasteiger partial charge on any atom is -0.459 e. The summed E-state index contributed by atoms with van der Waals surface area (Å²) in [6.45, 7) is 0.0427. The largest absolute Gasteiger partial charge is 0.459 e. The van der Waals surface area contributed by atoms with Crippen molar-refractivity contribution in [2.75, 3.05) is 0 Å². The van der Waals surface area contributed by atoms with Crippen molar-refractivity contribution >= 4 is 37.4 Å². The van der Waals surface area contributed by atoms with Crippen LogP contribution in [0.25, 0.3) is 21.3 Å². The summed E-state index contributed by atoms with van der Waals surface area (Å²) < 4.78 is 48.2. The molecule has 224 valence electrons. The Balaban J connectivity index is 1.35. The molecule has 2 aliphatic rings. The Morgan fingerprint density at radius 3 is 2.67 bits per heavy atom. The first-order valence-electron chi connectivity index (χ1n) is 13.6. The standard InChI is InChI=1S/C28H27F2N6O6P/c29-28(30,42-43-40)18-6-9-21-17(12-18)13-23(32-21)25(37)33-22-10-7-19(34-35-31)14-20-8-11-24(36(20)26(22)38)27(39)41-15-16-4-2-1-3-5-16/h1-6,9,12-13,19-20,22,24,32H,7-8,10-11,14-15H2,(H,33,37)/t19-,20-,22+,24+/m1/s1. The lowest BCUT2D eigenvalue weighted by molar-refractivity contribution is -0.178. The van der Waals surface area contributed by atoms with Gasteiger partial charge in [0.05, 0.1) is 5.56 Å². The second-order valence-electron chi connectivity index (χ2n) is 10.5. The Kier molecular flexibility index (Phi) is 9.00. The molecule has 0 bridgehead atoms. The molecule has 0 saturated carbocycles. The van der Waals surface area contributed by atoms with Crippen LogP contribution in [0.15, 0.2) is 59.7 Å². The lowest BCUT2D eigenvalue weighted by atomic mass is 9.95. The maximum Gasteiger partial charge on any atom is 0.393 e. The molecule has 0 unspecified atom stereocenters. The van der Waals surface area contributed by atoms with Gasteiger partial charge >= 0.3 is 20.8 Å². The van der Waals surface area contributed by atoms with Crippen molar-refractivity contribution in [3.63, 3.8) is 0 Å². The zero-order valence-electron chi connectivity index (χ0n) is 22.7. The zero-order chi connectivity index (χ0) is 30.6. The van der Waals surface area contributed by atoms with Crippen LogP contribution in [0, 0.1) is 0 Å². The normalized spacial score (nSPS) is 22.4. The van der Waals surface area contributed by atoms with Crippen molar-refractivity contribution in [2.24, 2.45) is 5.11 Å². The molecule has 5 rings (SSSR count). The number of carbonyl (C=O) groups excluding carboxylic acids is 3. The van der Waals surface area contributed by atoms with Crippen molar-refractivity contribution in [1.29, 1.82) is 0 Å². The maximum atomic E-state index is 14.1. The van der Waals surface area contributed by atoms with Gasteiger partial charge in [0, 0.05) is 27.9 Å². The van der Waals surface area contributed by atoms with Crippen LogP contribution >= 0.6 is 8.69 Å². The Bertz CT molecular complexity index is 1580. The Morgan fingerprint density at radius 1 is 1.14 bits per heavy atom. The van der Waals surface area contributed by atoms with Crippen LogP contribution in [0.2, 0.25) is 0 Å². The van der Waals surface area contributed by atoms with E-state index < -0.39 is 56.3 Å². The highest BCUT2D eigenvalue weighted by Crippen LogP contribution is 2.35. The van der Waals surface area contributed by atoms with Crippen LogP contribution in [0.3, 0.4) is 0 Å². The van der Waals surface area contributed by atoms with E-state index in [1.165, 1.54) is 17.0 Å². The molecule has 0 aliphatic carbocycles. The number of amides is 2. The van der Waals surface area contributed by atoms with Gasteiger partial charge < -0.3 is 19.9 Å². The number of halogens is 2. The van der Waals surface area contributed by atoms with Crippen molar-refractivity contribution in [2.45, 2.75) is 69.0 Å². The van der Waals surface area contributed by atoms with Crippen LogP contribution in [-0.2, 0) is 36.1 Å². The highest BCUT2D eigenvalue weighted by Gasteiger charge is 2.46. The van der Waals surface area contributed by atoms with Gasteiger partial charge in [-0.25, -0.2) is 13.9 Å². The van der Waals surface area contributed by atoms with Crippen LogP contribution in [-0.4, -0.2) is 51.8 Å².